The molecule has 1 unspecified atom stereocenters. The van der Waals surface area contributed by atoms with Gasteiger partial charge in [-0.15, -0.1) is 0 Å². The highest BCUT2D eigenvalue weighted by Crippen LogP contribution is 2.39. The molecule has 0 spiro atoms. The van der Waals surface area contributed by atoms with Crippen molar-refractivity contribution in [2.24, 2.45) is 13.0 Å². The van der Waals surface area contributed by atoms with Crippen LogP contribution in [0.5, 0.6) is 0 Å². The maximum atomic E-state index is 13.7. The molecule has 9 nitrogen and oxygen atoms in total. The Kier molecular flexibility index (Phi) is 5.25. The first-order chi connectivity index (χ1) is 14.3. The number of aliphatic carboxylic acids is 2. The third kappa shape index (κ3) is 3.78. The van der Waals surface area contributed by atoms with Gasteiger partial charge < -0.3 is 24.2 Å². The Hall–Kier alpha value is -3.27. The fraction of sp³-hybridized carbons (Fsp3) is 0.400. The number of fused-ring (bicyclic) bond motifs is 4. The summed E-state index contributed by atoms with van der Waals surface area (Å²) in [5.41, 5.74) is 1.78. The monoisotopic (exact) mass is 416 g/mol. The van der Waals surface area contributed by atoms with E-state index in [1.165, 1.54) is 38.1 Å². The molecule has 3 fully saturated rings. The first-order valence-electron chi connectivity index (χ1n) is 9.60. The van der Waals surface area contributed by atoms with Gasteiger partial charge in [-0.2, -0.15) is 4.98 Å². The number of aromatic nitrogens is 3. The molecule has 2 N–H and O–H groups in total. The lowest BCUT2D eigenvalue weighted by Crippen LogP contribution is -2.46. The van der Waals surface area contributed by atoms with Gasteiger partial charge in [-0.05, 0) is 50.0 Å². The Labute approximate surface area is 170 Å². The number of carboxylic acids is 2. The van der Waals surface area contributed by atoms with E-state index in [0.717, 1.165) is 28.9 Å². The summed E-state index contributed by atoms with van der Waals surface area (Å²) in [7, 11) is 1.94. The molecule has 0 radical (unpaired) electrons. The Morgan fingerprint density at radius 3 is 2.50 bits per heavy atom. The summed E-state index contributed by atoms with van der Waals surface area (Å²) >= 11 is 0. The molecule has 6 rings (SSSR count). The van der Waals surface area contributed by atoms with Gasteiger partial charge in [0.15, 0.2) is 0 Å². The van der Waals surface area contributed by atoms with E-state index in [0.29, 0.717) is 17.7 Å². The smallest absolute Gasteiger partial charge is 0.414 e. The van der Waals surface area contributed by atoms with Crippen LogP contribution in [0.3, 0.4) is 0 Å². The van der Waals surface area contributed by atoms with Gasteiger partial charge in [0.1, 0.15) is 5.82 Å². The van der Waals surface area contributed by atoms with Gasteiger partial charge in [-0.1, -0.05) is 5.16 Å². The molecule has 0 aliphatic carbocycles. The minimum Gasteiger partial charge on any atom is -0.473 e. The molecule has 10 heteroatoms. The lowest BCUT2D eigenvalue weighted by atomic mass is 9.79. The van der Waals surface area contributed by atoms with E-state index in [-0.39, 0.29) is 5.82 Å². The number of carboxylic acid groups (broad SMARTS) is 2. The average molecular weight is 416 g/mol. The number of nitrogens with zero attached hydrogens (tertiary/aromatic N) is 4. The van der Waals surface area contributed by atoms with Gasteiger partial charge in [0.05, 0.1) is 5.92 Å². The van der Waals surface area contributed by atoms with E-state index in [9.17, 15) is 4.39 Å². The summed E-state index contributed by atoms with van der Waals surface area (Å²) in [4.78, 5) is 25.3. The number of rotatable bonds is 2. The second kappa shape index (κ2) is 7.86. The normalized spacial score (nSPS) is 22.5. The standard InChI is InChI=1S/C18H19FN4O.C2H2O4/c1-22-9-15(13-8-12(19)2-3-16(13)22)17-20-18(24-21-17)14-10-23-6-4-11(14)5-7-23;3-1(4)2(5)6/h2-3,8-9,11,14H,4-7,10H2,1H3;(H,3,4)(H,5,6). The van der Waals surface area contributed by atoms with Crippen molar-refractivity contribution in [3.63, 3.8) is 0 Å². The van der Waals surface area contributed by atoms with Gasteiger partial charge >= 0.3 is 11.9 Å². The van der Waals surface area contributed by atoms with Gasteiger partial charge in [-0.3, -0.25) is 0 Å². The number of benzene rings is 1. The molecule has 5 heterocycles. The van der Waals surface area contributed by atoms with E-state index in [1.807, 2.05) is 17.8 Å². The zero-order chi connectivity index (χ0) is 21.4. The van der Waals surface area contributed by atoms with Crippen molar-refractivity contribution in [1.29, 1.82) is 0 Å². The molecule has 3 aliphatic heterocycles. The van der Waals surface area contributed by atoms with Crippen molar-refractivity contribution in [2.75, 3.05) is 19.6 Å². The summed E-state index contributed by atoms with van der Waals surface area (Å²) in [6.07, 6.45) is 4.36. The van der Waals surface area contributed by atoms with Gasteiger partial charge in [-0.25, -0.2) is 14.0 Å². The molecule has 30 heavy (non-hydrogen) atoms. The number of aryl methyl sites for hydroxylation is 1. The second-order valence-electron chi connectivity index (χ2n) is 7.63. The van der Waals surface area contributed by atoms with Crippen LogP contribution in [0.15, 0.2) is 28.9 Å². The van der Waals surface area contributed by atoms with E-state index < -0.39 is 11.9 Å². The third-order valence-electron chi connectivity index (χ3n) is 5.79. The van der Waals surface area contributed by atoms with Gasteiger partial charge in [0.2, 0.25) is 11.7 Å². The zero-order valence-electron chi connectivity index (χ0n) is 16.3. The van der Waals surface area contributed by atoms with Crippen molar-refractivity contribution in [3.05, 3.63) is 36.1 Å². The predicted octanol–water partition coefficient (Wildman–Crippen LogP) is 2.33. The lowest BCUT2D eigenvalue weighted by molar-refractivity contribution is -0.159. The molecular formula is C20H21FN4O5. The minimum absolute atomic E-state index is 0.254. The first kappa shape index (κ1) is 20.0. The first-order valence-corrected chi connectivity index (χ1v) is 9.60. The topological polar surface area (TPSA) is 122 Å². The Morgan fingerprint density at radius 2 is 1.90 bits per heavy atom. The summed E-state index contributed by atoms with van der Waals surface area (Å²) < 4.78 is 21.2. The largest absolute Gasteiger partial charge is 0.473 e. The van der Waals surface area contributed by atoms with Crippen LogP contribution in [0.25, 0.3) is 22.3 Å². The number of hydrogen-bond donors (Lipinski definition) is 2. The quantitative estimate of drug-likeness (QED) is 0.611. The molecule has 3 saturated heterocycles. The van der Waals surface area contributed by atoms with Crippen molar-refractivity contribution in [3.8, 4) is 11.4 Å². The molecule has 0 amide bonds. The Morgan fingerprint density at radius 1 is 1.20 bits per heavy atom. The molecule has 0 saturated carbocycles. The molecule has 3 aromatic rings. The molecule has 3 aliphatic rings. The van der Waals surface area contributed by atoms with Crippen molar-refractivity contribution >= 4 is 22.8 Å². The minimum atomic E-state index is -1.82. The van der Waals surface area contributed by atoms with E-state index in [1.54, 1.807) is 6.07 Å². The summed E-state index contributed by atoms with van der Waals surface area (Å²) in [6.45, 7) is 3.38. The van der Waals surface area contributed by atoms with Crippen LogP contribution >= 0.6 is 0 Å². The lowest BCUT2D eigenvalue weighted by Gasteiger charge is -2.43. The van der Waals surface area contributed by atoms with Crippen LogP contribution in [-0.4, -0.2) is 61.4 Å². The molecule has 1 atom stereocenters. The maximum Gasteiger partial charge on any atom is 0.414 e. The van der Waals surface area contributed by atoms with E-state index >= 15 is 0 Å². The van der Waals surface area contributed by atoms with Crippen LogP contribution in [0.1, 0.15) is 24.7 Å². The van der Waals surface area contributed by atoms with Gasteiger partial charge in [0.25, 0.3) is 0 Å². The molecule has 2 aromatic heterocycles. The fourth-order valence-electron chi connectivity index (χ4n) is 4.28. The van der Waals surface area contributed by atoms with Crippen LogP contribution in [0.4, 0.5) is 4.39 Å². The van der Waals surface area contributed by atoms with E-state index in [2.05, 4.69) is 15.0 Å². The van der Waals surface area contributed by atoms with Crippen molar-refractivity contribution < 1.29 is 28.7 Å². The predicted molar refractivity (Wildman–Crippen MR) is 103 cm³/mol. The summed E-state index contributed by atoms with van der Waals surface area (Å²) in [5, 5.41) is 19.8. The van der Waals surface area contributed by atoms with Crippen LogP contribution in [0.2, 0.25) is 0 Å². The molecule has 2 bridgehead atoms. The SMILES string of the molecule is Cn1cc(-c2noc(C3CN4CCC3CC4)n2)c2cc(F)ccc21.O=C(O)C(=O)O. The number of halogens is 1. The Balaban J connectivity index is 0.000000322. The summed E-state index contributed by atoms with van der Waals surface area (Å²) in [6, 6.07) is 4.79. The van der Waals surface area contributed by atoms with Crippen LogP contribution < -0.4 is 0 Å². The highest BCUT2D eigenvalue weighted by Gasteiger charge is 2.38. The van der Waals surface area contributed by atoms with Crippen LogP contribution in [-0.2, 0) is 16.6 Å². The van der Waals surface area contributed by atoms with Crippen molar-refractivity contribution in [2.45, 2.75) is 18.8 Å². The van der Waals surface area contributed by atoms with Crippen LogP contribution in [0, 0.1) is 11.7 Å². The fourth-order valence-corrected chi connectivity index (χ4v) is 4.28. The number of hydrogen-bond acceptors (Lipinski definition) is 6. The average Bonchev–Trinajstić information content (AvgIpc) is 3.34. The van der Waals surface area contributed by atoms with Crippen molar-refractivity contribution in [1.82, 2.24) is 19.6 Å². The molecule has 158 valence electrons. The zero-order valence-corrected chi connectivity index (χ0v) is 16.3. The highest BCUT2D eigenvalue weighted by atomic mass is 19.1. The highest BCUT2D eigenvalue weighted by molar-refractivity contribution is 6.27. The maximum absolute atomic E-state index is 13.7. The number of carbonyl (C=O) groups is 2. The van der Waals surface area contributed by atoms with E-state index in [4.69, 9.17) is 24.3 Å². The summed E-state index contributed by atoms with van der Waals surface area (Å²) in [5.74, 6) is -1.64. The van der Waals surface area contributed by atoms with Gasteiger partial charge in [0, 0.05) is 36.3 Å². The second-order valence-corrected chi connectivity index (χ2v) is 7.63. The molecule has 1 aromatic carbocycles. The number of piperidine rings is 3. The molecular weight excluding hydrogens is 395 g/mol. The third-order valence-corrected chi connectivity index (χ3v) is 5.79. The Bertz CT molecular complexity index is 1090.